The fourth-order valence-corrected chi connectivity index (χ4v) is 1.50. The van der Waals surface area contributed by atoms with Gasteiger partial charge in [0.15, 0.2) is 5.65 Å². The van der Waals surface area contributed by atoms with Crippen LogP contribution in [0.4, 0.5) is 5.82 Å². The van der Waals surface area contributed by atoms with E-state index in [9.17, 15) is 5.11 Å². The summed E-state index contributed by atoms with van der Waals surface area (Å²) in [7, 11) is 1.75. The Hall–Kier alpha value is -1.75. The van der Waals surface area contributed by atoms with E-state index in [4.69, 9.17) is 11.6 Å². The highest BCUT2D eigenvalue weighted by Gasteiger charge is 2.11. The molecule has 2 aromatic rings. The van der Waals surface area contributed by atoms with E-state index in [0.717, 1.165) is 0 Å². The van der Waals surface area contributed by atoms with Crippen LogP contribution in [0, 0.1) is 0 Å². The molecule has 0 aromatic carbocycles. The standard InChI is InChI=1S/C9H9ClN4O.C2H6/c1-5(15)6-4-12-14-8(11-2)3-7(10)13-9(6)14;1-2/h3-4,11,15H,1H2,2H3;1-2H3. The van der Waals surface area contributed by atoms with Gasteiger partial charge in [0.1, 0.15) is 16.7 Å². The Morgan fingerprint density at radius 3 is 2.71 bits per heavy atom. The van der Waals surface area contributed by atoms with Crippen LogP contribution >= 0.6 is 11.6 Å². The number of aromatic nitrogens is 3. The molecule has 0 radical (unpaired) electrons. The molecule has 0 amide bonds. The third-order valence-corrected chi connectivity index (χ3v) is 2.20. The SMILES string of the molecule is C=C(O)c1cnn2c(NC)cc(Cl)nc12.CC. The number of aliphatic hydroxyl groups is 1. The monoisotopic (exact) mass is 254 g/mol. The highest BCUT2D eigenvalue weighted by Crippen LogP contribution is 2.21. The first-order valence-corrected chi connectivity index (χ1v) is 5.61. The zero-order valence-corrected chi connectivity index (χ0v) is 10.8. The second-order valence-electron chi connectivity index (χ2n) is 2.95. The molecule has 0 saturated carbocycles. The summed E-state index contributed by atoms with van der Waals surface area (Å²) in [5, 5.41) is 16.6. The van der Waals surface area contributed by atoms with Gasteiger partial charge in [0.05, 0.1) is 11.8 Å². The van der Waals surface area contributed by atoms with Crippen molar-refractivity contribution in [3.05, 3.63) is 29.6 Å². The summed E-state index contributed by atoms with van der Waals surface area (Å²) in [6, 6.07) is 1.64. The minimum atomic E-state index is -0.0816. The lowest BCUT2D eigenvalue weighted by molar-refractivity contribution is 0.514. The average Bonchev–Trinajstić information content (AvgIpc) is 2.74. The molecule has 5 nitrogen and oxygen atoms in total. The predicted octanol–water partition coefficient (Wildman–Crippen LogP) is 2.98. The third kappa shape index (κ3) is 2.50. The van der Waals surface area contributed by atoms with Gasteiger partial charge in [-0.05, 0) is 0 Å². The Morgan fingerprint density at radius 2 is 2.18 bits per heavy atom. The number of fused-ring (bicyclic) bond motifs is 1. The van der Waals surface area contributed by atoms with Gasteiger partial charge in [0.25, 0.3) is 0 Å². The molecule has 0 fully saturated rings. The summed E-state index contributed by atoms with van der Waals surface area (Å²) in [6.07, 6.45) is 1.49. The smallest absolute Gasteiger partial charge is 0.169 e. The van der Waals surface area contributed by atoms with Crippen LogP contribution in [0.3, 0.4) is 0 Å². The minimum Gasteiger partial charge on any atom is -0.508 e. The Kier molecular flexibility index (Phi) is 4.34. The van der Waals surface area contributed by atoms with Crippen molar-refractivity contribution in [2.75, 3.05) is 12.4 Å². The van der Waals surface area contributed by atoms with Crippen molar-refractivity contribution in [1.29, 1.82) is 0 Å². The minimum absolute atomic E-state index is 0.0816. The molecule has 0 saturated heterocycles. The summed E-state index contributed by atoms with van der Waals surface area (Å²) in [6.45, 7) is 7.43. The van der Waals surface area contributed by atoms with Gasteiger partial charge in [-0.25, -0.2) is 4.98 Å². The summed E-state index contributed by atoms with van der Waals surface area (Å²) in [5.41, 5.74) is 0.938. The Morgan fingerprint density at radius 1 is 1.53 bits per heavy atom. The molecule has 92 valence electrons. The second-order valence-corrected chi connectivity index (χ2v) is 3.34. The van der Waals surface area contributed by atoms with E-state index in [1.165, 1.54) is 6.20 Å². The van der Waals surface area contributed by atoms with Crippen molar-refractivity contribution in [3.63, 3.8) is 0 Å². The molecule has 2 N–H and O–H groups in total. The Bertz CT molecular complexity index is 535. The van der Waals surface area contributed by atoms with Crippen molar-refractivity contribution in [1.82, 2.24) is 14.6 Å². The molecule has 0 atom stereocenters. The number of nitrogens with zero attached hydrogens (tertiary/aromatic N) is 3. The van der Waals surface area contributed by atoms with E-state index in [1.807, 2.05) is 13.8 Å². The van der Waals surface area contributed by atoms with E-state index >= 15 is 0 Å². The van der Waals surface area contributed by atoms with Crippen LogP contribution < -0.4 is 5.32 Å². The molecule has 6 heteroatoms. The normalized spacial score (nSPS) is 9.65. The first kappa shape index (κ1) is 13.3. The van der Waals surface area contributed by atoms with E-state index in [0.29, 0.717) is 22.2 Å². The average molecular weight is 255 g/mol. The maximum Gasteiger partial charge on any atom is 0.169 e. The fraction of sp³-hybridized carbons (Fsp3) is 0.273. The third-order valence-electron chi connectivity index (χ3n) is 2.01. The van der Waals surface area contributed by atoms with Gasteiger partial charge in [-0.1, -0.05) is 32.0 Å². The van der Waals surface area contributed by atoms with Crippen molar-refractivity contribution < 1.29 is 5.11 Å². The van der Waals surface area contributed by atoms with Gasteiger partial charge >= 0.3 is 0 Å². The molecule has 0 aliphatic rings. The molecule has 17 heavy (non-hydrogen) atoms. The number of rotatable bonds is 2. The van der Waals surface area contributed by atoms with Gasteiger partial charge in [-0.3, -0.25) is 0 Å². The molecule has 0 bridgehead atoms. The van der Waals surface area contributed by atoms with Crippen LogP contribution in [0.15, 0.2) is 18.8 Å². The first-order chi connectivity index (χ1) is 8.13. The summed E-state index contributed by atoms with van der Waals surface area (Å²) in [4.78, 5) is 4.07. The van der Waals surface area contributed by atoms with Gasteiger partial charge < -0.3 is 10.4 Å². The lowest BCUT2D eigenvalue weighted by atomic mass is 10.3. The van der Waals surface area contributed by atoms with E-state index in [1.54, 1.807) is 17.6 Å². The fourth-order valence-electron chi connectivity index (χ4n) is 1.31. The number of anilines is 1. The van der Waals surface area contributed by atoms with Gasteiger partial charge in [0.2, 0.25) is 0 Å². The Labute approximate surface area is 105 Å². The molecule has 0 spiro atoms. The lowest BCUT2D eigenvalue weighted by Crippen LogP contribution is -2.01. The van der Waals surface area contributed by atoms with Crippen LogP contribution in [-0.4, -0.2) is 26.8 Å². The Balaban J connectivity index is 0.000000686. The summed E-state index contributed by atoms with van der Waals surface area (Å²) >= 11 is 5.83. The summed E-state index contributed by atoms with van der Waals surface area (Å²) < 4.78 is 1.54. The molecule has 0 unspecified atom stereocenters. The second kappa shape index (κ2) is 5.54. The van der Waals surface area contributed by atoms with E-state index < -0.39 is 0 Å². The zero-order chi connectivity index (χ0) is 13.0. The largest absolute Gasteiger partial charge is 0.508 e. The van der Waals surface area contributed by atoms with Crippen molar-refractivity contribution in [2.45, 2.75) is 13.8 Å². The van der Waals surface area contributed by atoms with Gasteiger partial charge in [0, 0.05) is 13.1 Å². The molecule has 0 aliphatic carbocycles. The topological polar surface area (TPSA) is 62.5 Å². The number of hydrogen-bond acceptors (Lipinski definition) is 4. The van der Waals surface area contributed by atoms with E-state index in [-0.39, 0.29) is 5.76 Å². The first-order valence-electron chi connectivity index (χ1n) is 5.23. The number of halogens is 1. The molecule has 2 aromatic heterocycles. The van der Waals surface area contributed by atoms with Crippen molar-refractivity contribution >= 4 is 28.8 Å². The molecular formula is C11H15ClN4O. The quantitative estimate of drug-likeness (QED) is 0.639. The van der Waals surface area contributed by atoms with Gasteiger partial charge in [-0.2, -0.15) is 9.61 Å². The number of hydrogen-bond donors (Lipinski definition) is 2. The van der Waals surface area contributed by atoms with Crippen molar-refractivity contribution in [2.24, 2.45) is 0 Å². The highest BCUT2D eigenvalue weighted by molar-refractivity contribution is 6.29. The summed E-state index contributed by atoms with van der Waals surface area (Å²) in [5.74, 6) is 0.610. The maximum atomic E-state index is 9.31. The van der Waals surface area contributed by atoms with Crippen LogP contribution in [-0.2, 0) is 0 Å². The molecular weight excluding hydrogens is 240 g/mol. The van der Waals surface area contributed by atoms with Crippen LogP contribution in [0.25, 0.3) is 11.4 Å². The molecule has 2 heterocycles. The number of nitrogens with one attached hydrogen (secondary N) is 1. The predicted molar refractivity (Wildman–Crippen MR) is 70.6 cm³/mol. The molecule has 0 aliphatic heterocycles. The lowest BCUT2D eigenvalue weighted by Gasteiger charge is -2.04. The number of aliphatic hydroxyl groups excluding tert-OH is 1. The van der Waals surface area contributed by atoms with Gasteiger partial charge in [-0.15, -0.1) is 0 Å². The highest BCUT2D eigenvalue weighted by atomic mass is 35.5. The molecule has 2 rings (SSSR count). The van der Waals surface area contributed by atoms with Crippen molar-refractivity contribution in [3.8, 4) is 0 Å². The van der Waals surface area contributed by atoms with Crippen LogP contribution in [0.1, 0.15) is 19.4 Å². The van der Waals surface area contributed by atoms with Crippen LogP contribution in [0.2, 0.25) is 5.15 Å². The zero-order valence-electron chi connectivity index (χ0n) is 10.0. The maximum absolute atomic E-state index is 9.31. The van der Waals surface area contributed by atoms with Crippen LogP contribution in [0.5, 0.6) is 0 Å². The van der Waals surface area contributed by atoms with E-state index in [2.05, 4.69) is 22.0 Å².